The molecule has 114 valence electrons. The summed E-state index contributed by atoms with van der Waals surface area (Å²) in [5.74, 6) is 0.911. The van der Waals surface area contributed by atoms with Gasteiger partial charge in [0.15, 0.2) is 0 Å². The Kier molecular flexibility index (Phi) is 4.15. The van der Waals surface area contributed by atoms with Crippen molar-refractivity contribution < 1.29 is 4.79 Å². The van der Waals surface area contributed by atoms with Gasteiger partial charge in [-0.15, -0.1) is 0 Å². The monoisotopic (exact) mass is 287 g/mol. The molecule has 0 radical (unpaired) electrons. The normalized spacial score (nSPS) is 20.9. The highest BCUT2D eigenvalue weighted by Crippen LogP contribution is 2.35. The van der Waals surface area contributed by atoms with Crippen LogP contribution in [0.5, 0.6) is 0 Å². The Labute approximate surface area is 126 Å². The summed E-state index contributed by atoms with van der Waals surface area (Å²) in [6.07, 6.45) is 5.12. The third-order valence-electron chi connectivity index (χ3n) is 4.66. The van der Waals surface area contributed by atoms with Gasteiger partial charge in [-0.3, -0.25) is 4.79 Å². The van der Waals surface area contributed by atoms with Crippen LogP contribution in [0.3, 0.4) is 0 Å². The van der Waals surface area contributed by atoms with Crippen molar-refractivity contribution in [2.45, 2.75) is 38.6 Å². The van der Waals surface area contributed by atoms with Crippen molar-refractivity contribution in [3.63, 3.8) is 0 Å². The van der Waals surface area contributed by atoms with E-state index in [0.29, 0.717) is 0 Å². The number of carbonyl (C=O) groups excluding carboxylic acids is 1. The Bertz CT molecular complexity index is 525. The summed E-state index contributed by atoms with van der Waals surface area (Å²) < 4.78 is 0. The molecule has 1 aliphatic heterocycles. The van der Waals surface area contributed by atoms with Crippen LogP contribution in [0, 0.1) is 5.92 Å². The van der Waals surface area contributed by atoms with Crippen molar-refractivity contribution in [3.8, 4) is 0 Å². The molecule has 1 aliphatic carbocycles. The first-order chi connectivity index (χ1) is 10.2. The Morgan fingerprint density at radius 2 is 2.19 bits per heavy atom. The highest BCUT2D eigenvalue weighted by atomic mass is 16.2. The molecule has 4 heteroatoms. The van der Waals surface area contributed by atoms with E-state index in [9.17, 15) is 4.79 Å². The van der Waals surface area contributed by atoms with Gasteiger partial charge in [0, 0.05) is 30.5 Å². The van der Waals surface area contributed by atoms with Crippen LogP contribution in [-0.4, -0.2) is 26.0 Å². The smallest absolute Gasteiger partial charge is 0.246 e. The van der Waals surface area contributed by atoms with Crippen LogP contribution in [0.25, 0.3) is 0 Å². The number of hydrogen-bond acceptors (Lipinski definition) is 3. The standard InChI is InChI=1S/C17H25N3O/c1-3-9-18-16-14-8-7-13(10-15(14)19-17(16)21)20(2)11-12-5-4-6-12/h7-8,10,12,16,18H,3-6,9,11H2,1-2H3,(H,19,21). The van der Waals surface area contributed by atoms with Crippen LogP contribution in [0.4, 0.5) is 11.4 Å². The predicted molar refractivity (Wildman–Crippen MR) is 86.7 cm³/mol. The topological polar surface area (TPSA) is 44.4 Å². The molecule has 1 aromatic rings. The van der Waals surface area contributed by atoms with Crippen molar-refractivity contribution in [1.82, 2.24) is 5.32 Å². The highest BCUT2D eigenvalue weighted by Gasteiger charge is 2.30. The van der Waals surface area contributed by atoms with Gasteiger partial charge in [0.2, 0.25) is 5.91 Å². The molecule has 1 fully saturated rings. The first-order valence-electron chi connectivity index (χ1n) is 8.08. The quantitative estimate of drug-likeness (QED) is 0.845. The first kappa shape index (κ1) is 14.4. The van der Waals surface area contributed by atoms with E-state index < -0.39 is 0 Å². The number of nitrogens with zero attached hydrogens (tertiary/aromatic N) is 1. The van der Waals surface area contributed by atoms with E-state index in [-0.39, 0.29) is 11.9 Å². The fourth-order valence-electron chi connectivity index (χ4n) is 3.15. The minimum atomic E-state index is -0.189. The zero-order valence-corrected chi connectivity index (χ0v) is 13.0. The maximum Gasteiger partial charge on any atom is 0.246 e. The van der Waals surface area contributed by atoms with Crippen LogP contribution in [0.2, 0.25) is 0 Å². The average molecular weight is 287 g/mol. The summed E-state index contributed by atoms with van der Waals surface area (Å²) in [6, 6.07) is 6.15. The van der Waals surface area contributed by atoms with Gasteiger partial charge in [-0.2, -0.15) is 0 Å². The van der Waals surface area contributed by atoms with Crippen molar-refractivity contribution in [1.29, 1.82) is 0 Å². The van der Waals surface area contributed by atoms with Crippen molar-refractivity contribution in [2.75, 3.05) is 30.4 Å². The number of carbonyl (C=O) groups is 1. The largest absolute Gasteiger partial charge is 0.374 e. The second-order valence-electron chi connectivity index (χ2n) is 6.33. The molecule has 0 bridgehead atoms. The first-order valence-corrected chi connectivity index (χ1v) is 8.08. The lowest BCUT2D eigenvalue weighted by atomic mass is 9.85. The van der Waals surface area contributed by atoms with Crippen LogP contribution < -0.4 is 15.5 Å². The van der Waals surface area contributed by atoms with Crippen LogP contribution in [0.15, 0.2) is 18.2 Å². The second-order valence-corrected chi connectivity index (χ2v) is 6.33. The third-order valence-corrected chi connectivity index (χ3v) is 4.66. The molecule has 21 heavy (non-hydrogen) atoms. The van der Waals surface area contributed by atoms with Crippen molar-refractivity contribution in [3.05, 3.63) is 23.8 Å². The Morgan fingerprint density at radius 3 is 2.86 bits per heavy atom. The Balaban J connectivity index is 1.72. The molecular weight excluding hydrogens is 262 g/mol. The minimum Gasteiger partial charge on any atom is -0.374 e. The number of hydrogen-bond donors (Lipinski definition) is 2. The summed E-state index contributed by atoms with van der Waals surface area (Å²) in [6.45, 7) is 4.09. The number of amides is 1. The van der Waals surface area contributed by atoms with Gasteiger partial charge in [0.05, 0.1) is 0 Å². The molecule has 1 aromatic carbocycles. The maximum absolute atomic E-state index is 12.1. The molecule has 1 heterocycles. The lowest BCUT2D eigenvalue weighted by molar-refractivity contribution is -0.117. The van der Waals surface area contributed by atoms with Crippen molar-refractivity contribution >= 4 is 17.3 Å². The molecule has 1 saturated carbocycles. The van der Waals surface area contributed by atoms with E-state index in [1.807, 2.05) is 0 Å². The van der Waals surface area contributed by atoms with Crippen LogP contribution >= 0.6 is 0 Å². The predicted octanol–water partition coefficient (Wildman–Crippen LogP) is 2.92. The van der Waals surface area contributed by atoms with E-state index >= 15 is 0 Å². The molecule has 2 aliphatic rings. The number of anilines is 2. The summed E-state index contributed by atoms with van der Waals surface area (Å²) in [4.78, 5) is 14.4. The zero-order chi connectivity index (χ0) is 14.8. The lowest BCUT2D eigenvalue weighted by Crippen LogP contribution is -2.29. The summed E-state index contributed by atoms with van der Waals surface area (Å²) in [5, 5.41) is 6.32. The number of benzene rings is 1. The molecule has 1 atom stereocenters. The van der Waals surface area contributed by atoms with E-state index in [1.54, 1.807) is 0 Å². The van der Waals surface area contributed by atoms with E-state index in [1.165, 1.54) is 24.9 Å². The summed E-state index contributed by atoms with van der Waals surface area (Å²) in [5.41, 5.74) is 3.23. The third kappa shape index (κ3) is 2.91. The van der Waals surface area contributed by atoms with Gasteiger partial charge >= 0.3 is 0 Å². The van der Waals surface area contributed by atoms with Crippen molar-refractivity contribution in [2.24, 2.45) is 5.92 Å². The molecule has 4 nitrogen and oxygen atoms in total. The fourth-order valence-corrected chi connectivity index (χ4v) is 3.15. The minimum absolute atomic E-state index is 0.0669. The molecule has 0 aromatic heterocycles. The van der Waals surface area contributed by atoms with E-state index in [4.69, 9.17) is 0 Å². The van der Waals surface area contributed by atoms with Gasteiger partial charge in [-0.05, 0) is 43.9 Å². The molecule has 0 saturated heterocycles. The van der Waals surface area contributed by atoms with E-state index in [2.05, 4.69) is 47.7 Å². The van der Waals surface area contributed by atoms with Gasteiger partial charge in [0.25, 0.3) is 0 Å². The van der Waals surface area contributed by atoms with Gasteiger partial charge < -0.3 is 15.5 Å². The number of nitrogens with one attached hydrogen (secondary N) is 2. The fraction of sp³-hybridized carbons (Fsp3) is 0.588. The van der Waals surface area contributed by atoms with Crippen LogP contribution in [0.1, 0.15) is 44.2 Å². The number of rotatable bonds is 6. The molecule has 0 spiro atoms. The Hall–Kier alpha value is -1.55. The molecule has 3 rings (SSSR count). The maximum atomic E-state index is 12.1. The highest BCUT2D eigenvalue weighted by molar-refractivity contribution is 6.03. The molecular formula is C17H25N3O. The molecule has 1 amide bonds. The lowest BCUT2D eigenvalue weighted by Gasteiger charge is -2.31. The van der Waals surface area contributed by atoms with Gasteiger partial charge in [0.1, 0.15) is 6.04 Å². The summed E-state index contributed by atoms with van der Waals surface area (Å²) in [7, 11) is 2.14. The number of fused-ring (bicyclic) bond motifs is 1. The summed E-state index contributed by atoms with van der Waals surface area (Å²) >= 11 is 0. The average Bonchev–Trinajstić information content (AvgIpc) is 2.75. The second kappa shape index (κ2) is 6.06. The SMILES string of the molecule is CCCNC1C(=O)Nc2cc(N(C)CC3CCC3)ccc21. The zero-order valence-electron chi connectivity index (χ0n) is 13.0. The molecule has 1 unspecified atom stereocenters. The molecule has 2 N–H and O–H groups in total. The Morgan fingerprint density at radius 1 is 1.38 bits per heavy atom. The van der Waals surface area contributed by atoms with Gasteiger partial charge in [-0.1, -0.05) is 19.4 Å². The van der Waals surface area contributed by atoms with E-state index in [0.717, 1.165) is 36.7 Å². The van der Waals surface area contributed by atoms with Crippen LogP contribution in [-0.2, 0) is 4.79 Å². The van der Waals surface area contributed by atoms with Gasteiger partial charge in [-0.25, -0.2) is 0 Å².